The Kier molecular flexibility index (Phi) is 4.23. The zero-order chi connectivity index (χ0) is 11.4. The highest BCUT2D eigenvalue weighted by molar-refractivity contribution is 5.12. The molecule has 1 rings (SSSR count). The number of hydrogen-bond acceptors (Lipinski definition) is 4. The molecular formula is C10H20N4O. The lowest BCUT2D eigenvalue weighted by Gasteiger charge is -2.14. The van der Waals surface area contributed by atoms with E-state index in [1.165, 1.54) is 0 Å². The fourth-order valence-corrected chi connectivity index (χ4v) is 1.54. The molecule has 0 aliphatic heterocycles. The third-order valence-corrected chi connectivity index (χ3v) is 2.32. The topological polar surface area (TPSA) is 66.0 Å². The first-order valence-electron chi connectivity index (χ1n) is 5.25. The van der Waals surface area contributed by atoms with Gasteiger partial charge >= 0.3 is 0 Å². The summed E-state index contributed by atoms with van der Waals surface area (Å²) >= 11 is 0. The largest absolute Gasteiger partial charge is 0.375 e. The van der Waals surface area contributed by atoms with Gasteiger partial charge in [-0.2, -0.15) is 0 Å². The van der Waals surface area contributed by atoms with E-state index in [2.05, 4.69) is 24.2 Å². The fourth-order valence-electron chi connectivity index (χ4n) is 1.54. The van der Waals surface area contributed by atoms with Gasteiger partial charge in [-0.05, 0) is 12.8 Å². The van der Waals surface area contributed by atoms with Crippen molar-refractivity contribution in [1.82, 2.24) is 15.0 Å². The molecule has 5 heteroatoms. The van der Waals surface area contributed by atoms with E-state index < -0.39 is 0 Å². The molecule has 0 amide bonds. The molecule has 5 nitrogen and oxygen atoms in total. The molecule has 0 aliphatic rings. The Labute approximate surface area is 90.6 Å². The smallest absolute Gasteiger partial charge is 0.102 e. The normalized spacial score (nSPS) is 13.5. The lowest BCUT2D eigenvalue weighted by Crippen LogP contribution is -2.14. The fraction of sp³-hybridized carbons (Fsp3) is 0.800. The standard InChI is InChI=1S/C10H20N4O/c1-7(2)6-14-10(8(3)15-4)9(5-11)12-13-14/h7-8H,5-6,11H2,1-4H3. The van der Waals surface area contributed by atoms with E-state index in [1.54, 1.807) is 7.11 Å². The van der Waals surface area contributed by atoms with Crippen molar-refractivity contribution < 1.29 is 4.74 Å². The Bertz CT molecular complexity index is 308. The van der Waals surface area contributed by atoms with E-state index in [-0.39, 0.29) is 6.10 Å². The third kappa shape index (κ3) is 2.76. The summed E-state index contributed by atoms with van der Waals surface area (Å²) in [6, 6.07) is 0. The van der Waals surface area contributed by atoms with Crippen LogP contribution in [0.4, 0.5) is 0 Å². The summed E-state index contributed by atoms with van der Waals surface area (Å²) in [5.74, 6) is 0.528. The molecule has 1 aromatic heterocycles. The molecule has 0 radical (unpaired) electrons. The average Bonchev–Trinajstić information content (AvgIpc) is 2.58. The minimum atomic E-state index is -0.0164. The van der Waals surface area contributed by atoms with Crippen molar-refractivity contribution in [3.63, 3.8) is 0 Å². The highest BCUT2D eigenvalue weighted by Gasteiger charge is 2.18. The van der Waals surface area contributed by atoms with Crippen molar-refractivity contribution in [3.8, 4) is 0 Å². The maximum absolute atomic E-state index is 5.62. The van der Waals surface area contributed by atoms with Crippen LogP contribution in [0.25, 0.3) is 0 Å². The molecule has 0 saturated carbocycles. The van der Waals surface area contributed by atoms with Crippen LogP contribution in [-0.2, 0) is 17.8 Å². The molecule has 0 saturated heterocycles. The van der Waals surface area contributed by atoms with Crippen LogP contribution < -0.4 is 5.73 Å². The van der Waals surface area contributed by atoms with E-state index in [9.17, 15) is 0 Å². The number of nitrogens with zero attached hydrogens (tertiary/aromatic N) is 3. The molecule has 1 unspecified atom stereocenters. The number of aromatic nitrogens is 3. The van der Waals surface area contributed by atoms with Crippen LogP contribution in [0, 0.1) is 5.92 Å². The van der Waals surface area contributed by atoms with Gasteiger partial charge in [-0.1, -0.05) is 19.1 Å². The Morgan fingerprint density at radius 2 is 2.07 bits per heavy atom. The average molecular weight is 212 g/mol. The lowest BCUT2D eigenvalue weighted by atomic mass is 10.2. The highest BCUT2D eigenvalue weighted by Crippen LogP contribution is 2.19. The van der Waals surface area contributed by atoms with Gasteiger partial charge in [0, 0.05) is 20.2 Å². The summed E-state index contributed by atoms with van der Waals surface area (Å²) in [5, 5.41) is 8.17. The van der Waals surface area contributed by atoms with Crippen molar-refractivity contribution in [2.75, 3.05) is 7.11 Å². The van der Waals surface area contributed by atoms with Crippen molar-refractivity contribution in [1.29, 1.82) is 0 Å². The Morgan fingerprint density at radius 3 is 2.53 bits per heavy atom. The van der Waals surface area contributed by atoms with E-state index in [0.29, 0.717) is 12.5 Å². The zero-order valence-electron chi connectivity index (χ0n) is 9.90. The monoisotopic (exact) mass is 212 g/mol. The Balaban J connectivity index is 3.00. The van der Waals surface area contributed by atoms with Crippen molar-refractivity contribution in [2.45, 2.75) is 40.0 Å². The summed E-state index contributed by atoms with van der Waals surface area (Å²) in [6.07, 6.45) is -0.0164. The van der Waals surface area contributed by atoms with Gasteiger partial charge in [0.1, 0.15) is 5.69 Å². The van der Waals surface area contributed by atoms with Gasteiger partial charge < -0.3 is 10.5 Å². The molecule has 2 N–H and O–H groups in total. The van der Waals surface area contributed by atoms with Gasteiger partial charge in [0.25, 0.3) is 0 Å². The van der Waals surface area contributed by atoms with Crippen LogP contribution in [0.5, 0.6) is 0 Å². The van der Waals surface area contributed by atoms with Gasteiger partial charge in [-0.15, -0.1) is 5.10 Å². The summed E-state index contributed by atoms with van der Waals surface area (Å²) in [7, 11) is 1.68. The van der Waals surface area contributed by atoms with Crippen LogP contribution in [0.3, 0.4) is 0 Å². The summed E-state index contributed by atoms with van der Waals surface area (Å²) < 4.78 is 7.19. The Hall–Kier alpha value is -0.940. The van der Waals surface area contributed by atoms with Crippen molar-refractivity contribution >= 4 is 0 Å². The molecule has 0 fully saturated rings. The molecule has 86 valence electrons. The van der Waals surface area contributed by atoms with Crippen LogP contribution in [0.2, 0.25) is 0 Å². The second kappa shape index (κ2) is 5.23. The van der Waals surface area contributed by atoms with E-state index in [4.69, 9.17) is 10.5 Å². The van der Waals surface area contributed by atoms with Crippen molar-refractivity contribution in [2.24, 2.45) is 11.7 Å². The van der Waals surface area contributed by atoms with E-state index in [0.717, 1.165) is 17.9 Å². The minimum Gasteiger partial charge on any atom is -0.375 e. The van der Waals surface area contributed by atoms with Gasteiger partial charge in [0.05, 0.1) is 11.8 Å². The molecule has 1 atom stereocenters. The second-order valence-corrected chi connectivity index (χ2v) is 4.08. The number of ether oxygens (including phenoxy) is 1. The predicted molar refractivity (Wildman–Crippen MR) is 58.2 cm³/mol. The van der Waals surface area contributed by atoms with E-state index in [1.807, 2.05) is 11.6 Å². The Morgan fingerprint density at radius 1 is 1.40 bits per heavy atom. The SMILES string of the molecule is COC(C)c1c(CN)nnn1CC(C)C. The zero-order valence-corrected chi connectivity index (χ0v) is 9.90. The maximum atomic E-state index is 5.62. The number of nitrogens with two attached hydrogens (primary N) is 1. The van der Waals surface area contributed by atoms with Gasteiger partial charge in [-0.25, -0.2) is 4.68 Å². The number of rotatable bonds is 5. The van der Waals surface area contributed by atoms with Gasteiger partial charge in [0.15, 0.2) is 0 Å². The quantitative estimate of drug-likeness (QED) is 0.793. The molecule has 15 heavy (non-hydrogen) atoms. The first-order chi connectivity index (χ1) is 7.10. The van der Waals surface area contributed by atoms with Crippen molar-refractivity contribution in [3.05, 3.63) is 11.4 Å². The maximum Gasteiger partial charge on any atom is 0.102 e. The van der Waals surface area contributed by atoms with E-state index >= 15 is 0 Å². The molecule has 1 aromatic rings. The third-order valence-electron chi connectivity index (χ3n) is 2.32. The first kappa shape index (κ1) is 12.1. The van der Waals surface area contributed by atoms with Gasteiger partial charge in [-0.3, -0.25) is 0 Å². The summed E-state index contributed by atoms with van der Waals surface area (Å²) in [6.45, 7) is 7.52. The predicted octanol–water partition coefficient (Wildman–Crippen LogP) is 1.10. The minimum absolute atomic E-state index is 0.0164. The molecule has 0 aromatic carbocycles. The first-order valence-corrected chi connectivity index (χ1v) is 5.25. The number of methoxy groups -OCH3 is 1. The lowest BCUT2D eigenvalue weighted by molar-refractivity contribution is 0.110. The summed E-state index contributed by atoms with van der Waals surface area (Å²) in [5.41, 5.74) is 7.43. The molecule has 0 aliphatic carbocycles. The molecule has 1 heterocycles. The van der Waals surface area contributed by atoms with Gasteiger partial charge in [0.2, 0.25) is 0 Å². The van der Waals surface area contributed by atoms with Crippen LogP contribution in [-0.4, -0.2) is 22.1 Å². The highest BCUT2D eigenvalue weighted by atomic mass is 16.5. The van der Waals surface area contributed by atoms with Crippen LogP contribution in [0.15, 0.2) is 0 Å². The summed E-state index contributed by atoms with van der Waals surface area (Å²) in [4.78, 5) is 0. The molecule has 0 spiro atoms. The van der Waals surface area contributed by atoms with Crippen LogP contribution in [0.1, 0.15) is 38.3 Å². The van der Waals surface area contributed by atoms with Crippen LogP contribution >= 0.6 is 0 Å². The number of hydrogen-bond donors (Lipinski definition) is 1. The molecular weight excluding hydrogens is 192 g/mol. The second-order valence-electron chi connectivity index (χ2n) is 4.08. The molecule has 0 bridgehead atoms.